The Morgan fingerprint density at radius 1 is 1.23 bits per heavy atom. The van der Waals surface area contributed by atoms with Gasteiger partial charge in [0, 0.05) is 33.5 Å². The van der Waals surface area contributed by atoms with Gasteiger partial charge in [-0.1, -0.05) is 23.7 Å². The molecule has 0 saturated carbocycles. The summed E-state index contributed by atoms with van der Waals surface area (Å²) in [5.41, 5.74) is 2.78. The zero-order chi connectivity index (χ0) is 24.7. The number of aliphatic hydroxyl groups is 2. The van der Waals surface area contributed by atoms with Crippen molar-refractivity contribution < 1.29 is 28.1 Å². The highest BCUT2D eigenvalue weighted by Gasteiger charge is 2.37. The molecule has 2 aromatic heterocycles. The monoisotopic (exact) mass is 523 g/mol. The molecule has 3 N–H and O–H groups in total. The van der Waals surface area contributed by atoms with Crippen LogP contribution in [0.3, 0.4) is 0 Å². The molecule has 6 nitrogen and oxygen atoms in total. The predicted molar refractivity (Wildman–Crippen MR) is 128 cm³/mol. The third-order valence-corrected chi connectivity index (χ3v) is 7.08. The highest BCUT2D eigenvalue weighted by Crippen LogP contribution is 2.43. The van der Waals surface area contributed by atoms with Crippen molar-refractivity contribution >= 4 is 39.0 Å². The number of benzene rings is 2. The molecular formula is C24H21ClF3N3O3S. The van der Waals surface area contributed by atoms with E-state index in [9.17, 15) is 18.3 Å². The average Bonchev–Trinajstić information content (AvgIpc) is 3.47. The number of aromatic nitrogens is 2. The molecule has 2 atom stereocenters. The van der Waals surface area contributed by atoms with Crippen LogP contribution in [0.5, 0.6) is 5.75 Å². The zero-order valence-electron chi connectivity index (χ0n) is 18.2. The first-order valence-electron chi connectivity index (χ1n) is 10.9. The minimum Gasteiger partial charge on any atom is -0.491 e. The fraction of sp³-hybridized carbons (Fsp3) is 0.292. The Kier molecular flexibility index (Phi) is 6.39. The van der Waals surface area contributed by atoms with Gasteiger partial charge in [0.05, 0.1) is 12.6 Å². The first-order chi connectivity index (χ1) is 16.7. The maximum absolute atomic E-state index is 13.3. The van der Waals surface area contributed by atoms with Crippen LogP contribution >= 0.6 is 22.9 Å². The molecule has 3 heterocycles. The number of aliphatic hydroxyl groups excluding tert-OH is 2. The Bertz CT molecular complexity index is 1340. The van der Waals surface area contributed by atoms with E-state index in [4.69, 9.17) is 21.4 Å². The third-order valence-electron chi connectivity index (χ3n) is 5.97. The van der Waals surface area contributed by atoms with Crippen LogP contribution in [-0.4, -0.2) is 46.0 Å². The lowest BCUT2D eigenvalue weighted by Crippen LogP contribution is -2.36. The van der Waals surface area contributed by atoms with Crippen molar-refractivity contribution in [3.05, 3.63) is 75.4 Å². The van der Waals surface area contributed by atoms with Crippen molar-refractivity contribution in [2.24, 2.45) is 0 Å². The molecule has 2 unspecified atom stereocenters. The highest BCUT2D eigenvalue weighted by molar-refractivity contribution is 7.13. The standard InChI is InChI=1S/C24H21ClF3N3O3S/c25-14-3-6-19-18(9-14)17-7-8-31(23-30-20(12-35-23)24(26,27)28)22(21(17)29-19)13-1-4-16(5-2-13)34-11-15(33)10-32/h1-6,9,12,15,22,29,32-33H,7-8,10-11H2. The van der Waals surface area contributed by atoms with Gasteiger partial charge in [-0.15, -0.1) is 11.3 Å². The minimum atomic E-state index is -4.51. The number of rotatable bonds is 6. The van der Waals surface area contributed by atoms with Crippen LogP contribution in [0.15, 0.2) is 47.8 Å². The Morgan fingerprint density at radius 2 is 2.00 bits per heavy atom. The summed E-state index contributed by atoms with van der Waals surface area (Å²) in [6.45, 7) is 0.0105. The van der Waals surface area contributed by atoms with Gasteiger partial charge in [-0.25, -0.2) is 4.98 Å². The second-order valence-corrected chi connectivity index (χ2v) is 9.56. The molecule has 1 aliphatic heterocycles. The van der Waals surface area contributed by atoms with Crippen LogP contribution in [0.1, 0.15) is 28.6 Å². The summed E-state index contributed by atoms with van der Waals surface area (Å²) in [5.74, 6) is 0.501. The Hall–Kier alpha value is -2.79. The van der Waals surface area contributed by atoms with E-state index < -0.39 is 30.6 Å². The van der Waals surface area contributed by atoms with Gasteiger partial charge < -0.3 is 24.8 Å². The van der Waals surface area contributed by atoms with E-state index in [0.29, 0.717) is 23.7 Å². The number of thiazole rings is 1. The molecule has 0 fully saturated rings. The molecule has 0 amide bonds. The highest BCUT2D eigenvalue weighted by atomic mass is 35.5. The lowest BCUT2D eigenvalue weighted by Gasteiger charge is -2.36. The number of aromatic amines is 1. The van der Waals surface area contributed by atoms with Crippen molar-refractivity contribution in [3.8, 4) is 5.75 Å². The van der Waals surface area contributed by atoms with E-state index in [0.717, 1.165) is 44.4 Å². The van der Waals surface area contributed by atoms with E-state index >= 15 is 0 Å². The summed E-state index contributed by atoms with van der Waals surface area (Å²) in [7, 11) is 0. The number of fused-ring (bicyclic) bond motifs is 3. The van der Waals surface area contributed by atoms with Crippen LogP contribution in [0.25, 0.3) is 10.9 Å². The van der Waals surface area contributed by atoms with Gasteiger partial charge in [-0.05, 0) is 47.9 Å². The molecular weight excluding hydrogens is 503 g/mol. The number of nitrogens with zero attached hydrogens (tertiary/aromatic N) is 2. The minimum absolute atomic E-state index is 0.0579. The Morgan fingerprint density at radius 3 is 2.69 bits per heavy atom. The van der Waals surface area contributed by atoms with E-state index in [1.54, 1.807) is 18.2 Å². The summed E-state index contributed by atoms with van der Waals surface area (Å²) in [5, 5.41) is 21.4. The number of nitrogens with one attached hydrogen (secondary N) is 1. The quantitative estimate of drug-likeness (QED) is 0.324. The van der Waals surface area contributed by atoms with Gasteiger partial charge in [0.25, 0.3) is 0 Å². The Labute approximate surface area is 207 Å². The van der Waals surface area contributed by atoms with Gasteiger partial charge in [0.2, 0.25) is 0 Å². The van der Waals surface area contributed by atoms with E-state index in [1.165, 1.54) is 0 Å². The van der Waals surface area contributed by atoms with Crippen LogP contribution in [-0.2, 0) is 12.6 Å². The topological polar surface area (TPSA) is 81.6 Å². The lowest BCUT2D eigenvalue weighted by atomic mass is 9.92. The molecule has 0 spiro atoms. The van der Waals surface area contributed by atoms with E-state index in [1.807, 2.05) is 29.2 Å². The normalized spacial score (nSPS) is 17.0. The Balaban J connectivity index is 1.56. The van der Waals surface area contributed by atoms with Gasteiger partial charge in [-0.2, -0.15) is 13.2 Å². The van der Waals surface area contributed by atoms with Crippen LogP contribution < -0.4 is 9.64 Å². The van der Waals surface area contributed by atoms with Crippen molar-refractivity contribution in [1.29, 1.82) is 0 Å². The van der Waals surface area contributed by atoms with Crippen molar-refractivity contribution in [2.45, 2.75) is 24.7 Å². The summed E-state index contributed by atoms with van der Waals surface area (Å²) in [6, 6.07) is 12.3. The smallest absolute Gasteiger partial charge is 0.434 e. The number of halogens is 4. The summed E-state index contributed by atoms with van der Waals surface area (Å²) in [4.78, 5) is 9.24. The number of ether oxygens (including phenoxy) is 1. The SMILES string of the molecule is OCC(O)COc1ccc(C2c3[nH]c4ccc(Cl)cc4c3CCN2c2nc(C(F)(F)F)cs2)cc1. The number of anilines is 1. The third kappa shape index (κ3) is 4.71. The van der Waals surface area contributed by atoms with Crippen molar-refractivity contribution in [2.75, 3.05) is 24.7 Å². The van der Waals surface area contributed by atoms with Crippen LogP contribution in [0.4, 0.5) is 18.3 Å². The van der Waals surface area contributed by atoms with Gasteiger partial charge in [0.1, 0.15) is 18.5 Å². The largest absolute Gasteiger partial charge is 0.491 e. The van der Waals surface area contributed by atoms with E-state index in [-0.39, 0.29) is 11.7 Å². The second-order valence-electron chi connectivity index (χ2n) is 8.28. The second kappa shape index (κ2) is 9.34. The summed E-state index contributed by atoms with van der Waals surface area (Å²) < 4.78 is 45.3. The van der Waals surface area contributed by atoms with Crippen molar-refractivity contribution in [3.63, 3.8) is 0 Å². The molecule has 0 radical (unpaired) electrons. The average molecular weight is 524 g/mol. The molecule has 35 heavy (non-hydrogen) atoms. The maximum Gasteiger partial charge on any atom is 0.434 e. The molecule has 5 rings (SSSR count). The number of hydrogen-bond acceptors (Lipinski definition) is 6. The number of hydrogen-bond donors (Lipinski definition) is 3. The molecule has 4 aromatic rings. The maximum atomic E-state index is 13.3. The van der Waals surface area contributed by atoms with Crippen LogP contribution in [0, 0.1) is 0 Å². The molecule has 0 aliphatic carbocycles. The molecule has 11 heteroatoms. The molecule has 0 bridgehead atoms. The molecule has 184 valence electrons. The van der Waals surface area contributed by atoms with Gasteiger partial charge in [0.15, 0.2) is 10.8 Å². The molecule has 1 aliphatic rings. The van der Waals surface area contributed by atoms with E-state index in [2.05, 4.69) is 9.97 Å². The molecule has 0 saturated heterocycles. The summed E-state index contributed by atoms with van der Waals surface area (Å²) in [6.07, 6.45) is -4.88. The first-order valence-corrected chi connectivity index (χ1v) is 12.1. The first kappa shape index (κ1) is 23.9. The zero-order valence-corrected chi connectivity index (χ0v) is 19.8. The fourth-order valence-electron chi connectivity index (χ4n) is 4.33. The predicted octanol–water partition coefficient (Wildman–Crippen LogP) is 5.18. The fourth-order valence-corrected chi connectivity index (χ4v) is 5.39. The van der Waals surface area contributed by atoms with Crippen LogP contribution in [0.2, 0.25) is 5.02 Å². The molecule has 2 aromatic carbocycles. The number of H-pyrrole nitrogens is 1. The van der Waals surface area contributed by atoms with Gasteiger partial charge in [-0.3, -0.25) is 0 Å². The van der Waals surface area contributed by atoms with Crippen molar-refractivity contribution in [1.82, 2.24) is 9.97 Å². The number of alkyl halides is 3. The summed E-state index contributed by atoms with van der Waals surface area (Å²) >= 11 is 7.20. The van der Waals surface area contributed by atoms with Gasteiger partial charge >= 0.3 is 6.18 Å². The lowest BCUT2D eigenvalue weighted by molar-refractivity contribution is -0.140.